The minimum Gasteiger partial charge on any atom is -0.496 e. The number of amides is 1. The molecule has 0 unspecified atom stereocenters. The number of sulfonamides is 1. The van der Waals surface area contributed by atoms with E-state index < -0.39 is 15.9 Å². The molecule has 8 heteroatoms. The summed E-state index contributed by atoms with van der Waals surface area (Å²) in [5, 5.41) is 0.797. The molecule has 0 atom stereocenters. The lowest BCUT2D eigenvalue weighted by molar-refractivity contribution is 0.0918. The van der Waals surface area contributed by atoms with E-state index in [0.717, 1.165) is 5.39 Å². The number of ether oxygens (including phenoxy) is 1. The Morgan fingerprint density at radius 2 is 1.85 bits per heavy atom. The number of para-hydroxylation sites is 1. The Kier molecular flexibility index (Phi) is 4.71. The van der Waals surface area contributed by atoms with E-state index in [1.54, 1.807) is 32.0 Å². The van der Waals surface area contributed by atoms with Crippen molar-refractivity contribution in [1.29, 1.82) is 0 Å². The van der Waals surface area contributed by atoms with Gasteiger partial charge < -0.3 is 9.15 Å². The Morgan fingerprint density at radius 3 is 2.50 bits per heavy atom. The lowest BCUT2D eigenvalue weighted by atomic mass is 10.1. The van der Waals surface area contributed by atoms with Gasteiger partial charge in [0.2, 0.25) is 0 Å². The van der Waals surface area contributed by atoms with Gasteiger partial charge in [-0.15, -0.1) is 4.83 Å². The number of carbonyl (C=O) groups excluding carboxylic acids is 1. The Labute approximate surface area is 151 Å². The molecular weight excluding hydrogens is 356 g/mol. The molecule has 136 valence electrons. The largest absolute Gasteiger partial charge is 0.496 e. The lowest BCUT2D eigenvalue weighted by Gasteiger charge is -2.10. The third-order valence-electron chi connectivity index (χ3n) is 4.03. The van der Waals surface area contributed by atoms with Crippen molar-refractivity contribution in [3.8, 4) is 5.75 Å². The molecule has 0 saturated carbocycles. The predicted molar refractivity (Wildman–Crippen MR) is 96.5 cm³/mol. The summed E-state index contributed by atoms with van der Waals surface area (Å²) >= 11 is 0. The topological polar surface area (TPSA) is 97.6 Å². The number of hydrogen-bond acceptors (Lipinski definition) is 5. The van der Waals surface area contributed by atoms with Gasteiger partial charge in [-0.1, -0.05) is 18.2 Å². The van der Waals surface area contributed by atoms with E-state index >= 15 is 0 Å². The van der Waals surface area contributed by atoms with Crippen LogP contribution >= 0.6 is 0 Å². The molecule has 1 heterocycles. The molecule has 2 N–H and O–H groups in total. The Balaban J connectivity index is 1.79. The van der Waals surface area contributed by atoms with Crippen LogP contribution in [-0.4, -0.2) is 21.4 Å². The van der Waals surface area contributed by atoms with E-state index in [1.807, 2.05) is 12.1 Å². The number of fused-ring (bicyclic) bond motifs is 1. The SMILES string of the molecule is COc1ccc(S(=O)(=O)NNC(=O)c2oc3ccccc3c2C)cc1C. The molecule has 0 radical (unpaired) electrons. The van der Waals surface area contributed by atoms with Crippen molar-refractivity contribution in [3.63, 3.8) is 0 Å². The molecule has 0 aliphatic heterocycles. The molecule has 3 aromatic rings. The standard InChI is InChI=1S/C18H18N2O5S/c1-11-10-13(8-9-15(11)24-3)26(22,23)20-19-18(21)17-12(2)14-6-4-5-7-16(14)25-17/h4-10,20H,1-3H3,(H,19,21). The fourth-order valence-electron chi connectivity index (χ4n) is 2.64. The van der Waals surface area contributed by atoms with Gasteiger partial charge in [-0.05, 0) is 43.7 Å². The van der Waals surface area contributed by atoms with E-state index in [2.05, 4.69) is 10.3 Å². The summed E-state index contributed by atoms with van der Waals surface area (Å²) in [5.74, 6) is -0.0433. The van der Waals surface area contributed by atoms with Crippen molar-refractivity contribution in [2.24, 2.45) is 0 Å². The quantitative estimate of drug-likeness (QED) is 0.669. The highest BCUT2D eigenvalue weighted by Crippen LogP contribution is 2.25. The van der Waals surface area contributed by atoms with Gasteiger partial charge in [-0.3, -0.25) is 10.2 Å². The number of benzene rings is 2. The van der Waals surface area contributed by atoms with Crippen LogP contribution in [0, 0.1) is 13.8 Å². The number of rotatable bonds is 5. The van der Waals surface area contributed by atoms with Crippen LogP contribution in [0.15, 0.2) is 51.8 Å². The minimum atomic E-state index is -3.93. The maximum absolute atomic E-state index is 12.4. The van der Waals surface area contributed by atoms with Crippen LogP contribution in [0.1, 0.15) is 21.7 Å². The molecule has 0 saturated heterocycles. The first kappa shape index (κ1) is 18.0. The smallest absolute Gasteiger partial charge is 0.302 e. The Bertz CT molecular complexity index is 1090. The average Bonchev–Trinajstić information content (AvgIpc) is 2.97. The van der Waals surface area contributed by atoms with Gasteiger partial charge in [0.15, 0.2) is 5.76 Å². The average molecular weight is 374 g/mol. The number of aryl methyl sites for hydroxylation is 2. The van der Waals surface area contributed by atoms with Crippen molar-refractivity contribution in [2.45, 2.75) is 18.7 Å². The van der Waals surface area contributed by atoms with E-state index in [-0.39, 0.29) is 10.7 Å². The molecule has 26 heavy (non-hydrogen) atoms. The zero-order chi connectivity index (χ0) is 18.9. The highest BCUT2D eigenvalue weighted by atomic mass is 32.2. The van der Waals surface area contributed by atoms with Crippen LogP contribution in [0.4, 0.5) is 0 Å². The molecule has 7 nitrogen and oxygen atoms in total. The number of hydrazine groups is 1. The van der Waals surface area contributed by atoms with Gasteiger partial charge in [0.05, 0.1) is 12.0 Å². The van der Waals surface area contributed by atoms with Crippen LogP contribution in [0.5, 0.6) is 5.75 Å². The number of nitrogens with one attached hydrogen (secondary N) is 2. The first-order chi connectivity index (χ1) is 12.3. The summed E-state index contributed by atoms with van der Waals surface area (Å²) in [6, 6.07) is 11.6. The van der Waals surface area contributed by atoms with E-state index in [4.69, 9.17) is 9.15 Å². The second kappa shape index (κ2) is 6.81. The highest BCUT2D eigenvalue weighted by Gasteiger charge is 2.21. The normalized spacial score (nSPS) is 11.5. The van der Waals surface area contributed by atoms with Crippen molar-refractivity contribution >= 4 is 26.9 Å². The van der Waals surface area contributed by atoms with Crippen molar-refractivity contribution < 1.29 is 22.4 Å². The van der Waals surface area contributed by atoms with E-state index in [0.29, 0.717) is 22.5 Å². The third kappa shape index (κ3) is 3.29. The van der Waals surface area contributed by atoms with Crippen LogP contribution < -0.4 is 15.0 Å². The van der Waals surface area contributed by atoms with Gasteiger partial charge in [0.25, 0.3) is 10.0 Å². The number of methoxy groups -OCH3 is 1. The molecule has 0 fully saturated rings. The van der Waals surface area contributed by atoms with Crippen LogP contribution in [0.25, 0.3) is 11.0 Å². The van der Waals surface area contributed by atoms with Crippen LogP contribution in [0.2, 0.25) is 0 Å². The number of hydrogen-bond donors (Lipinski definition) is 2. The summed E-state index contributed by atoms with van der Waals surface area (Å²) in [5.41, 5.74) is 4.04. The van der Waals surface area contributed by atoms with Gasteiger partial charge >= 0.3 is 5.91 Å². The summed E-state index contributed by atoms with van der Waals surface area (Å²) in [7, 11) is -2.43. The second-order valence-electron chi connectivity index (χ2n) is 5.74. The molecule has 3 rings (SSSR count). The fourth-order valence-corrected chi connectivity index (χ4v) is 3.56. The first-order valence-electron chi connectivity index (χ1n) is 7.78. The second-order valence-corrected chi connectivity index (χ2v) is 7.43. The highest BCUT2D eigenvalue weighted by molar-refractivity contribution is 7.89. The Hall–Kier alpha value is -2.84. The van der Waals surface area contributed by atoms with Crippen molar-refractivity contribution in [2.75, 3.05) is 7.11 Å². The molecule has 2 aromatic carbocycles. The van der Waals surface area contributed by atoms with Gasteiger partial charge in [-0.25, -0.2) is 8.42 Å². The summed E-state index contributed by atoms with van der Waals surface area (Å²) < 4.78 is 35.4. The van der Waals surface area contributed by atoms with Gasteiger partial charge in [0.1, 0.15) is 11.3 Å². The third-order valence-corrected chi connectivity index (χ3v) is 5.27. The van der Waals surface area contributed by atoms with Gasteiger partial charge in [-0.2, -0.15) is 0 Å². The van der Waals surface area contributed by atoms with Crippen molar-refractivity contribution in [1.82, 2.24) is 10.3 Å². The molecular formula is C18H18N2O5S. The molecule has 0 spiro atoms. The number of furan rings is 1. The maximum Gasteiger partial charge on any atom is 0.302 e. The molecule has 1 aromatic heterocycles. The van der Waals surface area contributed by atoms with E-state index in [9.17, 15) is 13.2 Å². The minimum absolute atomic E-state index is 0.0115. The van der Waals surface area contributed by atoms with E-state index in [1.165, 1.54) is 19.2 Å². The van der Waals surface area contributed by atoms with Crippen LogP contribution in [0.3, 0.4) is 0 Å². The fraction of sp³-hybridized carbons (Fsp3) is 0.167. The molecule has 0 aliphatic rings. The van der Waals surface area contributed by atoms with Crippen LogP contribution in [-0.2, 0) is 10.0 Å². The first-order valence-corrected chi connectivity index (χ1v) is 9.26. The van der Waals surface area contributed by atoms with Crippen molar-refractivity contribution in [3.05, 3.63) is 59.4 Å². The molecule has 0 bridgehead atoms. The zero-order valence-corrected chi connectivity index (χ0v) is 15.3. The Morgan fingerprint density at radius 1 is 1.12 bits per heavy atom. The summed E-state index contributed by atoms with van der Waals surface area (Å²) in [6.07, 6.45) is 0. The predicted octanol–water partition coefficient (Wildman–Crippen LogP) is 2.68. The molecule has 0 aliphatic carbocycles. The molecule has 1 amide bonds. The zero-order valence-electron chi connectivity index (χ0n) is 14.5. The number of carbonyl (C=O) groups is 1. The van der Waals surface area contributed by atoms with Gasteiger partial charge in [0, 0.05) is 10.9 Å². The monoisotopic (exact) mass is 374 g/mol. The lowest BCUT2D eigenvalue weighted by Crippen LogP contribution is -2.41. The summed E-state index contributed by atoms with van der Waals surface area (Å²) in [4.78, 5) is 14.4. The maximum atomic E-state index is 12.4. The summed E-state index contributed by atoms with van der Waals surface area (Å²) in [6.45, 7) is 3.47.